The summed E-state index contributed by atoms with van der Waals surface area (Å²) >= 11 is 1.72. The summed E-state index contributed by atoms with van der Waals surface area (Å²) in [6.45, 7) is 9.80. The molecule has 40 heavy (non-hydrogen) atoms. The summed E-state index contributed by atoms with van der Waals surface area (Å²) in [6, 6.07) is 3.29. The largest absolute Gasteiger partial charge is 0.474 e. The van der Waals surface area contributed by atoms with Gasteiger partial charge in [0.1, 0.15) is 24.0 Å². The highest BCUT2D eigenvalue weighted by Crippen LogP contribution is 2.48. The normalized spacial score (nSPS) is 21.9. The molecule has 0 saturated heterocycles. The molecule has 3 aromatic heterocycles. The van der Waals surface area contributed by atoms with Gasteiger partial charge in [0.25, 0.3) is 0 Å². The van der Waals surface area contributed by atoms with E-state index in [1.807, 2.05) is 24.2 Å². The van der Waals surface area contributed by atoms with E-state index in [9.17, 15) is 9.90 Å². The summed E-state index contributed by atoms with van der Waals surface area (Å²) in [5, 5.41) is 16.8. The molecule has 2 aliphatic rings. The molecule has 1 unspecified atom stereocenters. The number of amides is 1. The van der Waals surface area contributed by atoms with Crippen molar-refractivity contribution < 1.29 is 19.4 Å². The molecular weight excluding hydrogens is 543 g/mol. The van der Waals surface area contributed by atoms with Gasteiger partial charge in [-0.05, 0) is 68.5 Å². The second-order valence-corrected chi connectivity index (χ2v) is 19.3. The Kier molecular flexibility index (Phi) is 8.94. The number of fused-ring (bicyclic) bond motifs is 3. The van der Waals surface area contributed by atoms with Crippen molar-refractivity contribution in [1.29, 1.82) is 0 Å². The average Bonchev–Trinajstić information content (AvgIpc) is 3.63. The van der Waals surface area contributed by atoms with Gasteiger partial charge < -0.3 is 19.5 Å². The standard InChI is InChI=1S/C29H43N5O4SSi/c1-19(35)33(2)21-7-9-22(10-8-21)38-28-27-26-20(6-11-25(26)39-29(27)31-17-30-28)16-24(36)23-12-13-34(32-23)18-37-14-15-40(3,4)5/h12-13,17,20-22,24,36H,6-11,14-16,18H2,1-5H3/t20-,21-,22-,24?/m1/s1. The van der Waals surface area contributed by atoms with E-state index in [4.69, 9.17) is 9.47 Å². The molecule has 0 radical (unpaired) electrons. The minimum atomic E-state index is -1.12. The van der Waals surface area contributed by atoms with Crippen molar-refractivity contribution in [3.05, 3.63) is 34.7 Å². The zero-order valence-electron chi connectivity index (χ0n) is 24.4. The number of aliphatic hydroxyl groups is 1. The Morgan fingerprint density at radius 3 is 2.73 bits per heavy atom. The van der Waals surface area contributed by atoms with Crippen LogP contribution in [0.1, 0.15) is 73.6 Å². The molecule has 2 atom stereocenters. The van der Waals surface area contributed by atoms with Gasteiger partial charge in [0.05, 0.1) is 17.2 Å². The first kappa shape index (κ1) is 29.2. The predicted molar refractivity (Wildman–Crippen MR) is 160 cm³/mol. The molecule has 218 valence electrons. The lowest BCUT2D eigenvalue weighted by atomic mass is 9.91. The molecule has 0 aliphatic heterocycles. The van der Waals surface area contributed by atoms with Crippen LogP contribution in [0.4, 0.5) is 0 Å². The number of carbonyl (C=O) groups excluding carboxylic acids is 1. The van der Waals surface area contributed by atoms with Crippen LogP contribution in [0, 0.1) is 0 Å². The molecule has 11 heteroatoms. The first-order chi connectivity index (χ1) is 19.1. The fraction of sp³-hybridized carbons (Fsp3) is 0.655. The van der Waals surface area contributed by atoms with Crippen LogP contribution in [-0.4, -0.2) is 69.5 Å². The lowest BCUT2D eigenvalue weighted by Crippen LogP contribution is -2.40. The van der Waals surface area contributed by atoms with Crippen LogP contribution in [0.25, 0.3) is 10.2 Å². The Morgan fingerprint density at radius 1 is 1.23 bits per heavy atom. The molecule has 0 bridgehead atoms. The van der Waals surface area contributed by atoms with E-state index in [0.717, 1.165) is 61.4 Å². The number of ether oxygens (including phenoxy) is 2. The molecule has 9 nitrogen and oxygen atoms in total. The van der Waals surface area contributed by atoms with Gasteiger partial charge in [-0.15, -0.1) is 11.3 Å². The lowest BCUT2D eigenvalue weighted by molar-refractivity contribution is -0.130. The smallest absolute Gasteiger partial charge is 0.225 e. The van der Waals surface area contributed by atoms with E-state index in [2.05, 4.69) is 34.7 Å². The Hall–Kier alpha value is -2.34. The third-order valence-corrected chi connectivity index (χ3v) is 11.3. The van der Waals surface area contributed by atoms with Crippen molar-refractivity contribution in [1.82, 2.24) is 24.6 Å². The van der Waals surface area contributed by atoms with Crippen molar-refractivity contribution in [2.45, 2.75) is 108 Å². The first-order valence-corrected chi connectivity index (χ1v) is 19.1. The molecule has 3 aromatic rings. The third-order valence-electron chi connectivity index (χ3n) is 8.39. The van der Waals surface area contributed by atoms with Gasteiger partial charge in [-0.2, -0.15) is 5.10 Å². The van der Waals surface area contributed by atoms with Gasteiger partial charge in [0, 0.05) is 45.8 Å². The molecular formula is C29H43N5O4SSi. The monoisotopic (exact) mass is 585 g/mol. The van der Waals surface area contributed by atoms with Gasteiger partial charge in [-0.3, -0.25) is 4.79 Å². The van der Waals surface area contributed by atoms with Crippen LogP contribution in [0.3, 0.4) is 0 Å². The van der Waals surface area contributed by atoms with Crippen LogP contribution >= 0.6 is 11.3 Å². The molecule has 1 saturated carbocycles. The maximum Gasteiger partial charge on any atom is 0.225 e. The van der Waals surface area contributed by atoms with Crippen molar-refractivity contribution in [2.24, 2.45) is 0 Å². The quantitative estimate of drug-likeness (QED) is 0.233. The van der Waals surface area contributed by atoms with Gasteiger partial charge >= 0.3 is 0 Å². The first-order valence-electron chi connectivity index (χ1n) is 14.5. The summed E-state index contributed by atoms with van der Waals surface area (Å²) in [7, 11) is 0.764. The van der Waals surface area contributed by atoms with Gasteiger partial charge in [-0.1, -0.05) is 19.6 Å². The topological polar surface area (TPSA) is 103 Å². The molecule has 1 N–H and O–H groups in total. The molecule has 0 aromatic carbocycles. The maximum atomic E-state index is 11.8. The number of hydrogen-bond donors (Lipinski definition) is 1. The zero-order chi connectivity index (χ0) is 28.4. The number of carbonyl (C=O) groups is 1. The summed E-state index contributed by atoms with van der Waals surface area (Å²) in [6.07, 6.45) is 9.13. The fourth-order valence-electron chi connectivity index (χ4n) is 5.88. The highest BCUT2D eigenvalue weighted by atomic mass is 32.1. The van der Waals surface area contributed by atoms with Crippen molar-refractivity contribution >= 4 is 35.5 Å². The number of aliphatic hydroxyl groups excluding tert-OH is 1. The maximum absolute atomic E-state index is 11.8. The van der Waals surface area contributed by atoms with Crippen LogP contribution in [0.5, 0.6) is 5.88 Å². The second-order valence-electron chi connectivity index (χ2n) is 12.6. The summed E-state index contributed by atoms with van der Waals surface area (Å²) in [5.41, 5.74) is 1.93. The zero-order valence-corrected chi connectivity index (χ0v) is 26.2. The highest BCUT2D eigenvalue weighted by molar-refractivity contribution is 7.19. The molecule has 1 fully saturated rings. The van der Waals surface area contributed by atoms with E-state index in [1.54, 1.807) is 29.3 Å². The van der Waals surface area contributed by atoms with Crippen LogP contribution in [0.15, 0.2) is 18.6 Å². The lowest BCUT2D eigenvalue weighted by Gasteiger charge is -2.34. The minimum Gasteiger partial charge on any atom is -0.474 e. The number of hydrogen-bond acceptors (Lipinski definition) is 8. The molecule has 2 aliphatic carbocycles. The average molecular weight is 586 g/mol. The summed E-state index contributed by atoms with van der Waals surface area (Å²) in [4.78, 5) is 25.1. The predicted octanol–water partition coefficient (Wildman–Crippen LogP) is 5.52. The van der Waals surface area contributed by atoms with Gasteiger partial charge in [-0.25, -0.2) is 14.6 Å². The summed E-state index contributed by atoms with van der Waals surface area (Å²) < 4.78 is 14.1. The third kappa shape index (κ3) is 6.75. The van der Waals surface area contributed by atoms with E-state index in [-0.39, 0.29) is 24.0 Å². The van der Waals surface area contributed by atoms with Gasteiger partial charge in [0.2, 0.25) is 11.8 Å². The fourth-order valence-corrected chi connectivity index (χ4v) is 7.87. The number of rotatable bonds is 11. The van der Waals surface area contributed by atoms with E-state index in [0.29, 0.717) is 24.7 Å². The van der Waals surface area contributed by atoms with E-state index >= 15 is 0 Å². The molecule has 0 spiro atoms. The van der Waals surface area contributed by atoms with Crippen molar-refractivity contribution in [3.8, 4) is 5.88 Å². The highest BCUT2D eigenvalue weighted by Gasteiger charge is 2.33. The van der Waals surface area contributed by atoms with Crippen molar-refractivity contribution in [3.63, 3.8) is 0 Å². The number of nitrogens with zero attached hydrogens (tertiary/aromatic N) is 5. The molecule has 3 heterocycles. The molecule has 5 rings (SSSR count). The SMILES string of the molecule is CC(=O)N(C)[C@H]1CC[C@H](Oc2ncnc3sc4c(c23)[C@@H](CC(O)c2ccn(COCC[Si](C)(C)C)n2)CC4)CC1. The van der Waals surface area contributed by atoms with Gasteiger partial charge in [0.15, 0.2) is 0 Å². The van der Waals surface area contributed by atoms with Crippen LogP contribution in [-0.2, 0) is 22.7 Å². The van der Waals surface area contributed by atoms with E-state index < -0.39 is 14.2 Å². The minimum absolute atomic E-state index is 0.0765. The van der Waals surface area contributed by atoms with Crippen LogP contribution in [0.2, 0.25) is 25.7 Å². The number of aryl methyl sites for hydroxylation is 1. The van der Waals surface area contributed by atoms with Crippen LogP contribution < -0.4 is 4.74 Å². The van der Waals surface area contributed by atoms with E-state index in [1.165, 1.54) is 10.4 Å². The molecule has 1 amide bonds. The summed E-state index contributed by atoms with van der Waals surface area (Å²) in [5.74, 6) is 0.971. The van der Waals surface area contributed by atoms with Crippen molar-refractivity contribution in [2.75, 3.05) is 13.7 Å². The second kappa shape index (κ2) is 12.3. The number of thiophene rings is 1. The Balaban J connectivity index is 1.24. The Bertz CT molecular complexity index is 1310. The Labute approximate surface area is 241 Å². The number of aromatic nitrogens is 4. The Morgan fingerprint density at radius 2 is 2.00 bits per heavy atom.